The van der Waals surface area contributed by atoms with Crippen LogP contribution < -0.4 is 5.32 Å². The van der Waals surface area contributed by atoms with Gasteiger partial charge in [0.05, 0.1) is 0 Å². The van der Waals surface area contributed by atoms with Crippen molar-refractivity contribution in [2.45, 2.75) is 78.6 Å². The lowest BCUT2D eigenvalue weighted by atomic mass is 9.54. The Bertz CT molecular complexity index is 797. The number of carbonyl (C=O) groups excluding carboxylic acids is 3. The standard InChI is InChI=1S/C24H35NO5/c1-12(2)8-17-21-15(5)14(4)10-16-9-13(3)6-7-18(26)22(29)19(27)11-20(28)24(16,21)23(30)25-17/h9-10,12,15-19,21,26-27H,6-8,11H2,1-5H3,(H,25,30)/b13-9+. The highest BCUT2D eigenvalue weighted by Crippen LogP contribution is 2.55. The van der Waals surface area contributed by atoms with E-state index in [1.165, 1.54) is 0 Å². The third-order valence-corrected chi connectivity index (χ3v) is 7.38. The first kappa shape index (κ1) is 22.9. The zero-order valence-corrected chi connectivity index (χ0v) is 18.6. The summed E-state index contributed by atoms with van der Waals surface area (Å²) in [5, 5.41) is 23.7. The van der Waals surface area contributed by atoms with E-state index in [9.17, 15) is 24.6 Å². The number of hydrogen-bond acceptors (Lipinski definition) is 5. The van der Waals surface area contributed by atoms with Crippen molar-refractivity contribution >= 4 is 17.5 Å². The molecule has 2 aliphatic carbocycles. The molecule has 0 aromatic carbocycles. The third kappa shape index (κ3) is 3.69. The fraction of sp³-hybridized carbons (Fsp3) is 0.708. The molecule has 1 heterocycles. The molecule has 7 atom stereocenters. The van der Waals surface area contributed by atoms with Crippen LogP contribution in [0.1, 0.15) is 60.3 Å². The van der Waals surface area contributed by atoms with Crippen LogP contribution in [0.15, 0.2) is 23.3 Å². The van der Waals surface area contributed by atoms with Gasteiger partial charge in [-0.1, -0.05) is 44.1 Å². The van der Waals surface area contributed by atoms with Crippen LogP contribution in [-0.4, -0.2) is 45.9 Å². The summed E-state index contributed by atoms with van der Waals surface area (Å²) in [5.74, 6) is -1.75. The molecule has 1 aliphatic heterocycles. The highest BCUT2D eigenvalue weighted by molar-refractivity contribution is 6.10. The first-order valence-electron chi connectivity index (χ1n) is 11.1. The van der Waals surface area contributed by atoms with Crippen molar-refractivity contribution in [3.63, 3.8) is 0 Å². The summed E-state index contributed by atoms with van der Waals surface area (Å²) >= 11 is 0. The quantitative estimate of drug-likeness (QED) is 0.473. The largest absolute Gasteiger partial charge is 0.385 e. The molecule has 1 spiro atoms. The van der Waals surface area contributed by atoms with Gasteiger partial charge < -0.3 is 15.5 Å². The molecule has 3 aliphatic rings. The van der Waals surface area contributed by atoms with Crippen molar-refractivity contribution in [1.82, 2.24) is 5.32 Å². The van der Waals surface area contributed by atoms with Crippen LogP contribution in [0.3, 0.4) is 0 Å². The predicted octanol–water partition coefficient (Wildman–Crippen LogP) is 2.34. The number of aliphatic hydroxyl groups excluding tert-OH is 2. The van der Waals surface area contributed by atoms with Crippen molar-refractivity contribution in [3.05, 3.63) is 23.3 Å². The van der Waals surface area contributed by atoms with Crippen molar-refractivity contribution in [3.8, 4) is 0 Å². The number of amides is 1. The number of rotatable bonds is 2. The fourth-order valence-electron chi connectivity index (χ4n) is 5.77. The lowest BCUT2D eigenvalue weighted by Gasteiger charge is -2.45. The molecule has 0 radical (unpaired) electrons. The molecule has 166 valence electrons. The minimum atomic E-state index is -1.60. The highest BCUT2D eigenvalue weighted by atomic mass is 16.3. The van der Waals surface area contributed by atoms with Crippen molar-refractivity contribution in [1.29, 1.82) is 0 Å². The van der Waals surface area contributed by atoms with Crippen LogP contribution in [0.25, 0.3) is 0 Å². The van der Waals surface area contributed by atoms with Gasteiger partial charge in [-0.05, 0) is 44.9 Å². The maximum atomic E-state index is 13.7. The van der Waals surface area contributed by atoms with Gasteiger partial charge in [-0.3, -0.25) is 14.4 Å². The molecule has 0 aromatic heterocycles. The summed E-state index contributed by atoms with van der Waals surface area (Å²) < 4.78 is 0. The summed E-state index contributed by atoms with van der Waals surface area (Å²) in [5.41, 5.74) is 0.734. The van der Waals surface area contributed by atoms with Crippen molar-refractivity contribution in [2.24, 2.45) is 29.1 Å². The van der Waals surface area contributed by atoms with Gasteiger partial charge in [0.15, 0.2) is 11.6 Å². The van der Waals surface area contributed by atoms with E-state index in [-0.39, 0.29) is 30.2 Å². The summed E-state index contributed by atoms with van der Waals surface area (Å²) in [6.07, 6.45) is 2.04. The van der Waals surface area contributed by atoms with Crippen LogP contribution in [0.4, 0.5) is 0 Å². The van der Waals surface area contributed by atoms with Gasteiger partial charge in [-0.25, -0.2) is 0 Å². The van der Waals surface area contributed by atoms with Crippen LogP contribution >= 0.6 is 0 Å². The molecule has 0 saturated carbocycles. The smallest absolute Gasteiger partial charge is 0.235 e. The minimum Gasteiger partial charge on any atom is -0.385 e. The van der Waals surface area contributed by atoms with Gasteiger partial charge in [0, 0.05) is 24.3 Å². The number of allylic oxidation sites excluding steroid dienone is 4. The number of hydrogen-bond donors (Lipinski definition) is 3. The van der Waals surface area contributed by atoms with Gasteiger partial charge in [0.2, 0.25) is 5.91 Å². The maximum Gasteiger partial charge on any atom is 0.235 e. The Balaban J connectivity index is 2.19. The van der Waals surface area contributed by atoms with Crippen molar-refractivity contribution < 1.29 is 24.6 Å². The molecular weight excluding hydrogens is 382 g/mol. The summed E-state index contributed by atoms with van der Waals surface area (Å²) in [4.78, 5) is 39.7. The second-order valence-corrected chi connectivity index (χ2v) is 9.94. The van der Waals surface area contributed by atoms with E-state index in [1.807, 2.05) is 26.0 Å². The molecular formula is C24H35NO5. The second kappa shape index (κ2) is 8.39. The van der Waals surface area contributed by atoms with Crippen molar-refractivity contribution in [2.75, 3.05) is 0 Å². The third-order valence-electron chi connectivity index (χ3n) is 7.38. The molecule has 7 unspecified atom stereocenters. The van der Waals surface area contributed by atoms with Gasteiger partial charge in [0.1, 0.15) is 17.6 Å². The van der Waals surface area contributed by atoms with E-state index in [2.05, 4.69) is 26.1 Å². The Hall–Kier alpha value is -1.79. The van der Waals surface area contributed by atoms with E-state index in [1.54, 1.807) is 0 Å². The Morgan fingerprint density at radius 1 is 1.13 bits per heavy atom. The molecule has 6 heteroatoms. The first-order chi connectivity index (χ1) is 14.0. The van der Waals surface area contributed by atoms with E-state index >= 15 is 0 Å². The zero-order valence-electron chi connectivity index (χ0n) is 18.6. The Morgan fingerprint density at radius 3 is 2.43 bits per heavy atom. The van der Waals surface area contributed by atoms with Crippen LogP contribution in [0.2, 0.25) is 0 Å². The maximum absolute atomic E-state index is 13.7. The topological polar surface area (TPSA) is 104 Å². The molecule has 1 amide bonds. The van der Waals surface area contributed by atoms with Gasteiger partial charge in [-0.15, -0.1) is 0 Å². The Morgan fingerprint density at radius 2 is 1.80 bits per heavy atom. The van der Waals surface area contributed by atoms with Crippen LogP contribution in [0, 0.1) is 29.1 Å². The number of Topliss-reactive ketones (excluding diaryl/α,β-unsaturated/α-hetero) is 2. The number of ketones is 2. The Kier molecular flexibility index (Phi) is 6.40. The number of carbonyl (C=O) groups is 3. The average Bonchev–Trinajstić information content (AvgIpc) is 2.94. The molecule has 1 saturated heterocycles. The molecule has 1 fully saturated rings. The van der Waals surface area contributed by atoms with E-state index in [0.29, 0.717) is 12.3 Å². The van der Waals surface area contributed by atoms with Crippen LogP contribution in [-0.2, 0) is 14.4 Å². The fourth-order valence-corrected chi connectivity index (χ4v) is 5.77. The second-order valence-electron chi connectivity index (χ2n) is 9.94. The molecule has 3 N–H and O–H groups in total. The van der Waals surface area contributed by atoms with E-state index in [0.717, 1.165) is 17.6 Å². The zero-order chi connectivity index (χ0) is 22.4. The van der Waals surface area contributed by atoms with Gasteiger partial charge in [-0.2, -0.15) is 0 Å². The van der Waals surface area contributed by atoms with Gasteiger partial charge >= 0.3 is 0 Å². The van der Waals surface area contributed by atoms with Gasteiger partial charge in [0.25, 0.3) is 0 Å². The molecule has 0 aromatic rings. The Labute approximate surface area is 178 Å². The predicted molar refractivity (Wildman–Crippen MR) is 113 cm³/mol. The van der Waals surface area contributed by atoms with E-state index < -0.39 is 41.5 Å². The molecule has 3 rings (SSSR count). The highest BCUT2D eigenvalue weighted by Gasteiger charge is 2.65. The SMILES string of the molecule is CC1=CC2/C=C(\C)CCC(O)C(=O)C(O)CC(=O)C23C(=O)NC(CC(C)C)C3C1C. The minimum absolute atomic E-state index is 0.0187. The lowest BCUT2D eigenvalue weighted by molar-refractivity contribution is -0.149. The number of aliphatic hydroxyl groups is 2. The molecule has 30 heavy (non-hydrogen) atoms. The average molecular weight is 418 g/mol. The van der Waals surface area contributed by atoms with E-state index in [4.69, 9.17) is 0 Å². The summed E-state index contributed by atoms with van der Waals surface area (Å²) in [6.45, 7) is 10.2. The molecule has 0 bridgehead atoms. The summed E-state index contributed by atoms with van der Waals surface area (Å²) in [7, 11) is 0. The number of nitrogens with one attached hydrogen (secondary N) is 1. The lowest BCUT2D eigenvalue weighted by Crippen LogP contribution is -2.53. The monoisotopic (exact) mass is 417 g/mol. The van der Waals surface area contributed by atoms with Crippen LogP contribution in [0.5, 0.6) is 0 Å². The first-order valence-corrected chi connectivity index (χ1v) is 11.1. The normalized spacial score (nSPS) is 41.9. The molecule has 6 nitrogen and oxygen atoms in total. The summed E-state index contributed by atoms with van der Waals surface area (Å²) in [6, 6.07) is -0.139.